The van der Waals surface area contributed by atoms with Crippen molar-refractivity contribution in [3.8, 4) is 11.1 Å². The van der Waals surface area contributed by atoms with Crippen molar-refractivity contribution in [2.24, 2.45) is 0 Å². The van der Waals surface area contributed by atoms with Crippen LogP contribution in [0.3, 0.4) is 0 Å². The summed E-state index contributed by atoms with van der Waals surface area (Å²) in [7, 11) is 1.75. The zero-order valence-electron chi connectivity index (χ0n) is 14.3. The average molecular weight is 346 g/mol. The van der Waals surface area contributed by atoms with Crippen LogP contribution in [0.4, 0.5) is 5.95 Å². The van der Waals surface area contributed by atoms with Gasteiger partial charge in [0.15, 0.2) is 5.65 Å². The number of ether oxygens (including phenoxy) is 1. The standard InChI is InChI=1S/C19H18N6O/c1-26-15-8-14(9-15)23-19-22-11-17-16(4-6-25(17)24-19)13-7-12-3-2-5-20-18(12)21-10-13/h2-7,10-11,14-15H,8-9H2,1H3,(H,23,24)/t14-,15-. The number of aromatic nitrogens is 5. The molecular weight excluding hydrogens is 328 g/mol. The highest BCUT2D eigenvalue weighted by Crippen LogP contribution is 2.28. The molecule has 0 aliphatic heterocycles. The summed E-state index contributed by atoms with van der Waals surface area (Å²) >= 11 is 0. The lowest BCUT2D eigenvalue weighted by Gasteiger charge is -2.34. The van der Waals surface area contributed by atoms with Gasteiger partial charge in [0.25, 0.3) is 0 Å². The maximum atomic E-state index is 5.31. The average Bonchev–Trinajstić information content (AvgIpc) is 3.07. The fourth-order valence-corrected chi connectivity index (χ4v) is 3.38. The van der Waals surface area contributed by atoms with E-state index < -0.39 is 0 Å². The molecule has 0 amide bonds. The van der Waals surface area contributed by atoms with Gasteiger partial charge in [0.1, 0.15) is 0 Å². The molecule has 0 saturated heterocycles. The Labute approximate surface area is 150 Å². The van der Waals surface area contributed by atoms with Crippen molar-refractivity contribution in [1.29, 1.82) is 0 Å². The Kier molecular flexibility index (Phi) is 3.53. The lowest BCUT2D eigenvalue weighted by molar-refractivity contribution is 0.0326. The lowest BCUT2D eigenvalue weighted by atomic mass is 9.89. The van der Waals surface area contributed by atoms with E-state index in [-0.39, 0.29) is 0 Å². The minimum absolute atomic E-state index is 0.351. The summed E-state index contributed by atoms with van der Waals surface area (Å²) in [5.74, 6) is 0.639. The van der Waals surface area contributed by atoms with Crippen LogP contribution < -0.4 is 5.32 Å². The molecule has 0 unspecified atom stereocenters. The summed E-state index contributed by atoms with van der Waals surface area (Å²) in [6.07, 6.45) is 9.73. The molecule has 5 rings (SSSR count). The topological polar surface area (TPSA) is 77.2 Å². The molecule has 0 atom stereocenters. The Morgan fingerprint density at radius 3 is 2.96 bits per heavy atom. The van der Waals surface area contributed by atoms with Gasteiger partial charge >= 0.3 is 0 Å². The van der Waals surface area contributed by atoms with Gasteiger partial charge in [-0.2, -0.15) is 0 Å². The van der Waals surface area contributed by atoms with Crippen LogP contribution in [0.5, 0.6) is 0 Å². The summed E-state index contributed by atoms with van der Waals surface area (Å²) in [6, 6.07) is 8.44. The third-order valence-corrected chi connectivity index (χ3v) is 4.94. The minimum Gasteiger partial charge on any atom is -0.381 e. The maximum absolute atomic E-state index is 5.31. The Bertz CT molecular complexity index is 1090. The summed E-state index contributed by atoms with van der Waals surface area (Å²) in [6.45, 7) is 0. The van der Waals surface area contributed by atoms with E-state index in [1.807, 2.05) is 41.3 Å². The molecule has 4 aromatic rings. The van der Waals surface area contributed by atoms with Gasteiger partial charge < -0.3 is 10.1 Å². The van der Waals surface area contributed by atoms with Gasteiger partial charge in [-0.3, -0.25) is 0 Å². The predicted octanol–water partition coefficient (Wildman–Crippen LogP) is 2.93. The Morgan fingerprint density at radius 1 is 1.15 bits per heavy atom. The first-order valence-corrected chi connectivity index (χ1v) is 8.65. The molecule has 7 nitrogen and oxygen atoms in total. The molecule has 0 bridgehead atoms. The van der Waals surface area contributed by atoms with Crippen molar-refractivity contribution < 1.29 is 4.74 Å². The molecular formula is C19H18N6O. The van der Waals surface area contributed by atoms with Crippen molar-refractivity contribution in [3.63, 3.8) is 0 Å². The summed E-state index contributed by atoms with van der Waals surface area (Å²) < 4.78 is 7.16. The van der Waals surface area contributed by atoms with E-state index in [0.29, 0.717) is 18.1 Å². The smallest absolute Gasteiger partial charge is 0.241 e. The molecule has 0 aromatic carbocycles. The summed E-state index contributed by atoms with van der Waals surface area (Å²) in [5, 5.41) is 8.96. The van der Waals surface area contributed by atoms with E-state index in [1.54, 1.807) is 13.3 Å². The van der Waals surface area contributed by atoms with Crippen LogP contribution in [0.15, 0.2) is 49.1 Å². The van der Waals surface area contributed by atoms with E-state index in [0.717, 1.165) is 40.5 Å². The molecule has 0 spiro atoms. The number of nitrogens with one attached hydrogen (secondary N) is 1. The number of hydrogen-bond acceptors (Lipinski definition) is 6. The highest BCUT2D eigenvalue weighted by molar-refractivity contribution is 5.86. The zero-order valence-corrected chi connectivity index (χ0v) is 14.3. The Balaban J connectivity index is 1.45. The third-order valence-electron chi connectivity index (χ3n) is 4.94. The monoisotopic (exact) mass is 346 g/mol. The van der Waals surface area contributed by atoms with Crippen LogP contribution in [0.2, 0.25) is 0 Å². The first-order chi connectivity index (χ1) is 12.8. The second kappa shape index (κ2) is 6.03. The Hall–Kier alpha value is -3.06. The van der Waals surface area contributed by atoms with E-state index in [4.69, 9.17) is 4.74 Å². The number of hydrogen-bond donors (Lipinski definition) is 1. The fraction of sp³-hybridized carbons (Fsp3) is 0.263. The maximum Gasteiger partial charge on any atom is 0.241 e. The van der Waals surface area contributed by atoms with Gasteiger partial charge in [-0.05, 0) is 37.1 Å². The van der Waals surface area contributed by atoms with Gasteiger partial charge in [-0.15, -0.1) is 5.10 Å². The van der Waals surface area contributed by atoms with Gasteiger partial charge in [0.2, 0.25) is 5.95 Å². The van der Waals surface area contributed by atoms with Crippen LogP contribution in [0, 0.1) is 0 Å². The normalized spacial score (nSPS) is 19.6. The van der Waals surface area contributed by atoms with Crippen LogP contribution in [-0.4, -0.2) is 43.8 Å². The number of rotatable bonds is 4. The number of nitrogens with zero attached hydrogens (tertiary/aromatic N) is 5. The van der Waals surface area contributed by atoms with Gasteiger partial charge in [-0.1, -0.05) is 0 Å². The van der Waals surface area contributed by atoms with E-state index in [1.165, 1.54) is 0 Å². The molecule has 26 heavy (non-hydrogen) atoms. The van der Waals surface area contributed by atoms with E-state index in [2.05, 4.69) is 31.4 Å². The van der Waals surface area contributed by atoms with E-state index in [9.17, 15) is 0 Å². The van der Waals surface area contributed by atoms with Crippen molar-refractivity contribution in [3.05, 3.63) is 49.1 Å². The van der Waals surface area contributed by atoms with Crippen molar-refractivity contribution in [2.45, 2.75) is 25.0 Å². The van der Waals surface area contributed by atoms with Gasteiger partial charge in [-0.25, -0.2) is 19.5 Å². The fourth-order valence-electron chi connectivity index (χ4n) is 3.38. The molecule has 1 N–H and O–H groups in total. The minimum atomic E-state index is 0.351. The lowest BCUT2D eigenvalue weighted by Crippen LogP contribution is -2.40. The van der Waals surface area contributed by atoms with Gasteiger partial charge in [0, 0.05) is 48.3 Å². The second-order valence-corrected chi connectivity index (χ2v) is 6.59. The number of methoxy groups -OCH3 is 1. The van der Waals surface area contributed by atoms with Crippen molar-refractivity contribution in [2.75, 3.05) is 12.4 Å². The summed E-state index contributed by atoms with van der Waals surface area (Å²) in [5.41, 5.74) is 3.78. The molecule has 1 fully saturated rings. The summed E-state index contributed by atoms with van der Waals surface area (Å²) in [4.78, 5) is 13.2. The molecule has 0 radical (unpaired) electrons. The van der Waals surface area contributed by atoms with Crippen molar-refractivity contribution >= 4 is 22.5 Å². The molecule has 7 heteroatoms. The van der Waals surface area contributed by atoms with E-state index >= 15 is 0 Å². The Morgan fingerprint density at radius 2 is 2.08 bits per heavy atom. The molecule has 4 heterocycles. The number of pyridine rings is 2. The van der Waals surface area contributed by atoms with Crippen LogP contribution in [0.25, 0.3) is 27.7 Å². The molecule has 130 valence electrons. The first kappa shape index (κ1) is 15.2. The zero-order chi connectivity index (χ0) is 17.5. The largest absolute Gasteiger partial charge is 0.381 e. The molecule has 4 aromatic heterocycles. The van der Waals surface area contributed by atoms with Crippen molar-refractivity contribution in [1.82, 2.24) is 24.6 Å². The molecule has 1 aliphatic carbocycles. The SMILES string of the molecule is CO[C@H]1C[C@H](Nc2ncc3c(-c4cnc5ncccc5c4)ccn3n2)C1. The van der Waals surface area contributed by atoms with Crippen LogP contribution in [-0.2, 0) is 4.74 Å². The molecule has 1 saturated carbocycles. The van der Waals surface area contributed by atoms with Crippen LogP contribution in [0.1, 0.15) is 12.8 Å². The molecule has 1 aliphatic rings. The highest BCUT2D eigenvalue weighted by Gasteiger charge is 2.29. The third kappa shape index (κ3) is 2.57. The highest BCUT2D eigenvalue weighted by atomic mass is 16.5. The number of anilines is 1. The van der Waals surface area contributed by atoms with Gasteiger partial charge in [0.05, 0.1) is 17.8 Å². The second-order valence-electron chi connectivity index (χ2n) is 6.59. The van der Waals surface area contributed by atoms with Crippen LogP contribution >= 0.6 is 0 Å². The predicted molar refractivity (Wildman–Crippen MR) is 99.0 cm³/mol. The number of fused-ring (bicyclic) bond motifs is 2. The first-order valence-electron chi connectivity index (χ1n) is 8.65. The quantitative estimate of drug-likeness (QED) is 0.612.